The summed E-state index contributed by atoms with van der Waals surface area (Å²) in [6.07, 6.45) is 0. The SMILES string of the molecule is [K+].c1cc[c]([Al-]([c]2ccccc2)([c]2ccccc2)[c]2ccccc2)cc1. The van der Waals surface area contributed by atoms with Crippen molar-refractivity contribution in [2.45, 2.75) is 0 Å². The maximum absolute atomic E-state index is 2.69. The van der Waals surface area contributed by atoms with Gasteiger partial charge in [-0.25, -0.2) is 17.7 Å². The fraction of sp³-hybridized carbons (Fsp3) is 0. The minimum absolute atomic E-state index is 0. The topological polar surface area (TPSA) is 0 Å². The van der Waals surface area contributed by atoms with Gasteiger partial charge in [-0.3, -0.25) is 0 Å². The Morgan fingerprint density at radius 1 is 0.308 bits per heavy atom. The van der Waals surface area contributed by atoms with Gasteiger partial charge in [-0.2, -0.15) is 0 Å². The van der Waals surface area contributed by atoms with Crippen LogP contribution < -0.4 is 69.1 Å². The van der Waals surface area contributed by atoms with Crippen molar-refractivity contribution < 1.29 is 51.4 Å². The summed E-state index contributed by atoms with van der Waals surface area (Å²) in [6.45, 7) is 0. The van der Waals surface area contributed by atoms with Crippen molar-refractivity contribution in [2.75, 3.05) is 0 Å². The number of hydrogen-bond donors (Lipinski definition) is 0. The van der Waals surface area contributed by atoms with E-state index in [2.05, 4.69) is 121 Å². The summed E-state index contributed by atoms with van der Waals surface area (Å²) >= 11 is -2.69. The van der Waals surface area contributed by atoms with Crippen LogP contribution in [0.3, 0.4) is 0 Å². The summed E-state index contributed by atoms with van der Waals surface area (Å²) in [5, 5.41) is 0. The fourth-order valence-electron chi connectivity index (χ4n) is 4.12. The van der Waals surface area contributed by atoms with E-state index in [1.807, 2.05) is 0 Å². The molecule has 0 saturated carbocycles. The zero-order chi connectivity index (χ0) is 17.0. The van der Waals surface area contributed by atoms with E-state index in [0.717, 1.165) is 0 Å². The molecule has 4 aromatic rings. The van der Waals surface area contributed by atoms with Crippen molar-refractivity contribution in [3.05, 3.63) is 121 Å². The molecular formula is C24H20AlK. The Balaban J connectivity index is 0.00000196. The van der Waals surface area contributed by atoms with E-state index in [1.165, 1.54) is 17.7 Å². The minimum atomic E-state index is -2.69. The molecule has 0 bridgehead atoms. The molecule has 0 atom stereocenters. The molecule has 0 fully saturated rings. The molecule has 0 saturated heterocycles. The van der Waals surface area contributed by atoms with Crippen molar-refractivity contribution in [2.24, 2.45) is 0 Å². The van der Waals surface area contributed by atoms with E-state index >= 15 is 0 Å². The van der Waals surface area contributed by atoms with Crippen LogP contribution in [-0.2, 0) is 0 Å². The molecule has 0 N–H and O–H groups in total. The third-order valence-electron chi connectivity index (χ3n) is 5.20. The van der Waals surface area contributed by atoms with Gasteiger partial charge in [-0.15, -0.1) is 48.5 Å². The van der Waals surface area contributed by atoms with E-state index < -0.39 is 13.1 Å². The minimum Gasteiger partial charge on any atom is -0.218 e. The number of rotatable bonds is 4. The van der Waals surface area contributed by atoms with Gasteiger partial charge in [-0.1, -0.05) is 72.8 Å². The van der Waals surface area contributed by atoms with Crippen LogP contribution in [0.4, 0.5) is 0 Å². The molecule has 2 heteroatoms. The summed E-state index contributed by atoms with van der Waals surface area (Å²) in [5.41, 5.74) is 0. The molecule has 0 radical (unpaired) electrons. The molecule has 0 aliphatic heterocycles. The van der Waals surface area contributed by atoms with Crippen molar-refractivity contribution >= 4 is 30.8 Å². The Hall–Kier alpha value is -0.951. The first-order valence-corrected chi connectivity index (χ1v) is 11.1. The Morgan fingerprint density at radius 2 is 0.500 bits per heavy atom. The Labute approximate surface area is 201 Å². The molecule has 0 unspecified atom stereocenters. The van der Waals surface area contributed by atoms with Gasteiger partial charge >= 0.3 is 51.4 Å². The van der Waals surface area contributed by atoms with Crippen molar-refractivity contribution in [3.63, 3.8) is 0 Å². The number of hydrogen-bond acceptors (Lipinski definition) is 0. The van der Waals surface area contributed by atoms with Crippen molar-refractivity contribution in [1.29, 1.82) is 0 Å². The van der Waals surface area contributed by atoms with E-state index in [0.29, 0.717) is 0 Å². The van der Waals surface area contributed by atoms with Crippen LogP contribution in [-0.4, -0.2) is 13.1 Å². The smallest absolute Gasteiger partial charge is 0.218 e. The van der Waals surface area contributed by atoms with Crippen LogP contribution in [0.15, 0.2) is 121 Å². The van der Waals surface area contributed by atoms with Crippen molar-refractivity contribution in [1.82, 2.24) is 0 Å². The molecule has 26 heavy (non-hydrogen) atoms. The predicted molar refractivity (Wildman–Crippen MR) is 110 cm³/mol. The van der Waals surface area contributed by atoms with Crippen LogP contribution in [0.25, 0.3) is 0 Å². The third kappa shape index (κ3) is 3.70. The summed E-state index contributed by atoms with van der Waals surface area (Å²) in [4.78, 5) is 0. The normalized spacial score (nSPS) is 10.8. The molecule has 120 valence electrons. The van der Waals surface area contributed by atoms with Gasteiger partial charge < -0.3 is 0 Å². The molecule has 0 heterocycles. The largest absolute Gasteiger partial charge is 1.00 e. The monoisotopic (exact) mass is 374 g/mol. The molecule has 0 aliphatic rings. The van der Waals surface area contributed by atoms with Crippen molar-refractivity contribution in [3.8, 4) is 0 Å². The zero-order valence-electron chi connectivity index (χ0n) is 15.1. The molecule has 4 rings (SSSR count). The van der Waals surface area contributed by atoms with Gasteiger partial charge in [0.15, 0.2) is 0 Å². The zero-order valence-corrected chi connectivity index (χ0v) is 19.4. The predicted octanol–water partition coefficient (Wildman–Crippen LogP) is 0.0680. The van der Waals surface area contributed by atoms with Gasteiger partial charge in [0.1, 0.15) is 0 Å². The average Bonchev–Trinajstić information content (AvgIpc) is 2.72. The molecular weight excluding hydrogens is 354 g/mol. The molecule has 4 aromatic carbocycles. The number of benzene rings is 4. The van der Waals surface area contributed by atoms with Gasteiger partial charge in [0.05, 0.1) is 0 Å². The molecule has 0 aromatic heterocycles. The van der Waals surface area contributed by atoms with Gasteiger partial charge in [0.2, 0.25) is 0 Å². The Bertz CT molecular complexity index is 759. The van der Waals surface area contributed by atoms with Crippen LogP contribution in [0.1, 0.15) is 0 Å². The first-order valence-electron chi connectivity index (χ1n) is 8.80. The third-order valence-corrected chi connectivity index (χ3v) is 10.7. The molecule has 0 aliphatic carbocycles. The van der Waals surface area contributed by atoms with Gasteiger partial charge in [-0.05, 0) is 0 Å². The average molecular weight is 375 g/mol. The van der Waals surface area contributed by atoms with Crippen LogP contribution in [0.5, 0.6) is 0 Å². The van der Waals surface area contributed by atoms with Gasteiger partial charge in [0, 0.05) is 0 Å². The second kappa shape index (κ2) is 9.31. The summed E-state index contributed by atoms with van der Waals surface area (Å²) in [7, 11) is 0. The summed E-state index contributed by atoms with van der Waals surface area (Å²) < 4.78 is 5.77. The van der Waals surface area contributed by atoms with Crippen LogP contribution in [0, 0.1) is 0 Å². The second-order valence-corrected chi connectivity index (χ2v) is 10.9. The second-order valence-electron chi connectivity index (χ2n) is 6.51. The molecule has 0 spiro atoms. The van der Waals surface area contributed by atoms with E-state index in [9.17, 15) is 0 Å². The first kappa shape index (κ1) is 19.8. The molecule has 0 amide bonds. The first-order chi connectivity index (χ1) is 12.4. The summed E-state index contributed by atoms with van der Waals surface area (Å²) in [5.74, 6) is 0. The maximum Gasteiger partial charge on any atom is 1.00 e. The molecule has 0 nitrogen and oxygen atoms in total. The van der Waals surface area contributed by atoms with Gasteiger partial charge in [0.25, 0.3) is 13.1 Å². The Kier molecular flexibility index (Phi) is 7.09. The fourth-order valence-corrected chi connectivity index (χ4v) is 9.63. The van der Waals surface area contributed by atoms with E-state index in [-0.39, 0.29) is 51.4 Å². The van der Waals surface area contributed by atoms with Crippen LogP contribution >= 0.6 is 0 Å². The summed E-state index contributed by atoms with van der Waals surface area (Å²) in [6, 6.07) is 44.2. The Morgan fingerprint density at radius 3 is 0.692 bits per heavy atom. The quantitative estimate of drug-likeness (QED) is 0.444. The van der Waals surface area contributed by atoms with E-state index in [1.54, 1.807) is 0 Å². The maximum atomic E-state index is 2.30. The van der Waals surface area contributed by atoms with E-state index in [4.69, 9.17) is 0 Å². The standard InChI is InChI=1S/4C6H5.Al.K/c4*1-2-4-6-5-3-1;;/h4*1-5H;;/q;;;;-1;+1. The van der Waals surface area contributed by atoms with Crippen LogP contribution in [0.2, 0.25) is 0 Å².